The van der Waals surface area contributed by atoms with Crippen LogP contribution in [0.2, 0.25) is 0 Å². The molecular weight excluding hydrogens is 271 g/mol. The van der Waals surface area contributed by atoms with E-state index in [2.05, 4.69) is 46.3 Å². The minimum absolute atomic E-state index is 0.105. The van der Waals surface area contributed by atoms with Crippen molar-refractivity contribution in [3.8, 4) is 0 Å². The molecule has 2 nitrogen and oxygen atoms in total. The van der Waals surface area contributed by atoms with Gasteiger partial charge in [-0.05, 0) is 39.8 Å². The van der Waals surface area contributed by atoms with Crippen LogP contribution in [0.25, 0.3) is 11.0 Å². The lowest BCUT2D eigenvalue weighted by Crippen LogP contribution is -2.22. The molecule has 1 aromatic carbocycles. The lowest BCUT2D eigenvalue weighted by molar-refractivity contribution is 0.399. The molecule has 16 heavy (non-hydrogen) atoms. The number of hydrogen-bond acceptors (Lipinski definition) is 1. The van der Waals surface area contributed by atoms with Crippen molar-refractivity contribution in [3.05, 3.63) is 28.2 Å². The molecule has 0 saturated heterocycles. The van der Waals surface area contributed by atoms with E-state index in [9.17, 15) is 4.39 Å². The van der Waals surface area contributed by atoms with E-state index in [1.54, 1.807) is 0 Å². The standard InChI is InChI=1S/C12H14BrFN2/c1-7-15-11-9(14)5-8(13)6-10(11)16(7)12(2,3)4/h5-6H,1-4H3. The SMILES string of the molecule is Cc1nc2c(F)cc(Br)cc2n1C(C)(C)C. The molecule has 0 aliphatic rings. The zero-order chi connectivity index (χ0) is 12.1. The van der Waals surface area contributed by atoms with Gasteiger partial charge in [-0.3, -0.25) is 0 Å². The Balaban J connectivity index is 2.89. The molecule has 0 spiro atoms. The van der Waals surface area contributed by atoms with Crippen LogP contribution in [0, 0.1) is 12.7 Å². The Morgan fingerprint density at radius 1 is 1.31 bits per heavy atom. The monoisotopic (exact) mass is 284 g/mol. The quantitative estimate of drug-likeness (QED) is 0.715. The first kappa shape index (κ1) is 11.6. The first-order chi connectivity index (χ1) is 7.30. The van der Waals surface area contributed by atoms with Crippen LogP contribution >= 0.6 is 15.9 Å². The number of aromatic nitrogens is 2. The van der Waals surface area contributed by atoms with Gasteiger partial charge in [0.25, 0.3) is 0 Å². The highest BCUT2D eigenvalue weighted by atomic mass is 79.9. The van der Waals surface area contributed by atoms with E-state index in [-0.39, 0.29) is 11.4 Å². The highest BCUT2D eigenvalue weighted by Crippen LogP contribution is 2.28. The summed E-state index contributed by atoms with van der Waals surface area (Å²) in [6, 6.07) is 3.35. The van der Waals surface area contributed by atoms with Gasteiger partial charge in [0.05, 0.1) is 5.52 Å². The zero-order valence-electron chi connectivity index (χ0n) is 9.81. The average molecular weight is 285 g/mol. The summed E-state index contributed by atoms with van der Waals surface area (Å²) in [6.07, 6.45) is 0. The summed E-state index contributed by atoms with van der Waals surface area (Å²) in [5.41, 5.74) is 1.17. The number of halogens is 2. The molecule has 0 N–H and O–H groups in total. The van der Waals surface area contributed by atoms with E-state index in [1.807, 2.05) is 13.0 Å². The maximum absolute atomic E-state index is 13.7. The van der Waals surface area contributed by atoms with Gasteiger partial charge in [0, 0.05) is 10.0 Å². The molecule has 0 saturated carbocycles. The maximum Gasteiger partial charge on any atom is 0.152 e. The van der Waals surface area contributed by atoms with Crippen molar-refractivity contribution in [1.82, 2.24) is 9.55 Å². The minimum Gasteiger partial charge on any atom is -0.323 e. The second kappa shape index (κ2) is 3.55. The zero-order valence-corrected chi connectivity index (χ0v) is 11.4. The Bertz CT molecular complexity index is 552. The van der Waals surface area contributed by atoms with E-state index in [0.717, 1.165) is 15.8 Å². The van der Waals surface area contributed by atoms with Crippen molar-refractivity contribution >= 4 is 27.0 Å². The maximum atomic E-state index is 13.7. The molecule has 1 heterocycles. The summed E-state index contributed by atoms with van der Waals surface area (Å²) in [7, 11) is 0. The number of nitrogens with zero attached hydrogens (tertiary/aromatic N) is 2. The average Bonchev–Trinajstić information content (AvgIpc) is 2.40. The Labute approximate surface area is 103 Å². The van der Waals surface area contributed by atoms with Crippen LogP contribution in [-0.2, 0) is 5.54 Å². The predicted octanol–water partition coefficient (Wildman–Crippen LogP) is 4.00. The summed E-state index contributed by atoms with van der Waals surface area (Å²) >= 11 is 3.31. The van der Waals surface area contributed by atoms with Crippen LogP contribution in [0.4, 0.5) is 4.39 Å². The molecule has 0 aliphatic heterocycles. The van der Waals surface area contributed by atoms with Crippen molar-refractivity contribution in [2.75, 3.05) is 0 Å². The molecule has 0 bridgehead atoms. The van der Waals surface area contributed by atoms with Crippen molar-refractivity contribution in [3.63, 3.8) is 0 Å². The Hall–Kier alpha value is -0.900. The lowest BCUT2D eigenvalue weighted by Gasteiger charge is -2.23. The molecule has 0 aliphatic carbocycles. The second-order valence-corrected chi connectivity index (χ2v) is 5.84. The third kappa shape index (κ3) is 1.75. The topological polar surface area (TPSA) is 17.8 Å². The lowest BCUT2D eigenvalue weighted by atomic mass is 10.1. The Morgan fingerprint density at radius 3 is 2.50 bits per heavy atom. The fraction of sp³-hybridized carbons (Fsp3) is 0.417. The molecular formula is C12H14BrFN2. The van der Waals surface area contributed by atoms with Gasteiger partial charge >= 0.3 is 0 Å². The fourth-order valence-electron chi connectivity index (χ4n) is 2.07. The van der Waals surface area contributed by atoms with Gasteiger partial charge in [-0.15, -0.1) is 0 Å². The van der Waals surface area contributed by atoms with Crippen molar-refractivity contribution in [2.45, 2.75) is 33.2 Å². The van der Waals surface area contributed by atoms with Gasteiger partial charge in [-0.2, -0.15) is 0 Å². The van der Waals surface area contributed by atoms with Crippen molar-refractivity contribution in [1.29, 1.82) is 0 Å². The van der Waals surface area contributed by atoms with E-state index in [0.29, 0.717) is 5.52 Å². The van der Waals surface area contributed by atoms with Crippen LogP contribution in [-0.4, -0.2) is 9.55 Å². The number of benzene rings is 1. The molecule has 0 amide bonds. The smallest absolute Gasteiger partial charge is 0.152 e. The highest BCUT2D eigenvalue weighted by Gasteiger charge is 2.21. The first-order valence-corrected chi connectivity index (χ1v) is 5.94. The molecule has 0 atom stereocenters. The van der Waals surface area contributed by atoms with Crippen molar-refractivity contribution < 1.29 is 4.39 Å². The molecule has 2 aromatic rings. The first-order valence-electron chi connectivity index (χ1n) is 5.15. The van der Waals surface area contributed by atoms with Gasteiger partial charge in [0.2, 0.25) is 0 Å². The number of aryl methyl sites for hydroxylation is 1. The Kier molecular flexibility index (Phi) is 2.57. The summed E-state index contributed by atoms with van der Waals surface area (Å²) in [5, 5.41) is 0. The summed E-state index contributed by atoms with van der Waals surface area (Å²) in [5.74, 6) is 0.551. The number of fused-ring (bicyclic) bond motifs is 1. The largest absolute Gasteiger partial charge is 0.323 e. The van der Waals surface area contributed by atoms with Gasteiger partial charge in [-0.1, -0.05) is 15.9 Å². The number of imidazole rings is 1. The summed E-state index contributed by atoms with van der Waals surface area (Å²) in [4.78, 5) is 4.29. The van der Waals surface area contributed by atoms with Gasteiger partial charge < -0.3 is 4.57 Å². The van der Waals surface area contributed by atoms with Crippen molar-refractivity contribution in [2.24, 2.45) is 0 Å². The molecule has 0 unspecified atom stereocenters. The van der Waals surface area contributed by atoms with Crippen LogP contribution in [0.15, 0.2) is 16.6 Å². The van der Waals surface area contributed by atoms with E-state index in [4.69, 9.17) is 0 Å². The number of rotatable bonds is 0. The summed E-state index contributed by atoms with van der Waals surface area (Å²) < 4.78 is 16.5. The van der Waals surface area contributed by atoms with Crippen LogP contribution < -0.4 is 0 Å². The normalized spacial score (nSPS) is 12.4. The second-order valence-electron chi connectivity index (χ2n) is 4.92. The molecule has 4 heteroatoms. The van der Waals surface area contributed by atoms with Gasteiger partial charge in [0.1, 0.15) is 11.3 Å². The van der Waals surface area contributed by atoms with E-state index >= 15 is 0 Å². The molecule has 0 radical (unpaired) electrons. The van der Waals surface area contributed by atoms with Crippen LogP contribution in [0.5, 0.6) is 0 Å². The Morgan fingerprint density at radius 2 is 1.94 bits per heavy atom. The van der Waals surface area contributed by atoms with Gasteiger partial charge in [0.15, 0.2) is 5.82 Å². The molecule has 2 rings (SSSR count). The van der Waals surface area contributed by atoms with Crippen LogP contribution in [0.3, 0.4) is 0 Å². The summed E-state index contributed by atoms with van der Waals surface area (Å²) in [6.45, 7) is 8.15. The molecule has 1 aromatic heterocycles. The third-order valence-electron chi connectivity index (χ3n) is 2.52. The van der Waals surface area contributed by atoms with Gasteiger partial charge in [-0.25, -0.2) is 9.37 Å². The minimum atomic E-state index is -0.282. The van der Waals surface area contributed by atoms with E-state index in [1.165, 1.54) is 6.07 Å². The van der Waals surface area contributed by atoms with Crippen LogP contribution in [0.1, 0.15) is 26.6 Å². The number of hydrogen-bond donors (Lipinski definition) is 0. The van der Waals surface area contributed by atoms with E-state index < -0.39 is 0 Å². The molecule has 86 valence electrons. The fourth-order valence-corrected chi connectivity index (χ4v) is 2.48. The third-order valence-corrected chi connectivity index (χ3v) is 2.97. The molecule has 0 fully saturated rings. The highest BCUT2D eigenvalue weighted by molar-refractivity contribution is 9.10. The predicted molar refractivity (Wildman–Crippen MR) is 67.1 cm³/mol.